The van der Waals surface area contributed by atoms with Crippen molar-refractivity contribution >= 4 is 17.4 Å². The molecule has 0 aliphatic carbocycles. The Morgan fingerprint density at radius 2 is 1.90 bits per heavy atom. The van der Waals surface area contributed by atoms with E-state index in [1.165, 1.54) is 15.6 Å². The van der Waals surface area contributed by atoms with Gasteiger partial charge in [-0.05, 0) is 23.3 Å². The number of nitrogens with zero attached hydrogens (tertiary/aromatic N) is 5. The van der Waals surface area contributed by atoms with E-state index in [2.05, 4.69) is 49.5 Å². The quantitative estimate of drug-likeness (QED) is 0.504. The Kier molecular flexibility index (Phi) is 5.04. The van der Waals surface area contributed by atoms with Gasteiger partial charge in [0.25, 0.3) is 0 Å². The highest BCUT2D eigenvalue weighted by atomic mass is 16.5. The molecular weight excluding hydrogens is 382 g/mol. The maximum Gasteiger partial charge on any atom is 0.225 e. The number of aromatic nitrogens is 4. The van der Waals surface area contributed by atoms with E-state index in [0.717, 1.165) is 32.8 Å². The molecule has 154 valence electrons. The zero-order valence-electron chi connectivity index (χ0n) is 16.5. The van der Waals surface area contributed by atoms with Crippen molar-refractivity contribution in [3.63, 3.8) is 0 Å². The first kappa shape index (κ1) is 18.6. The molecular formula is C21H23N7O2. The van der Waals surface area contributed by atoms with Crippen LogP contribution in [0.3, 0.4) is 0 Å². The average molecular weight is 405 g/mol. The molecule has 0 bridgehead atoms. The summed E-state index contributed by atoms with van der Waals surface area (Å²) in [7, 11) is 0. The van der Waals surface area contributed by atoms with Crippen molar-refractivity contribution in [2.75, 3.05) is 37.4 Å². The Hall–Kier alpha value is -3.43. The first-order valence-electron chi connectivity index (χ1n) is 9.93. The molecule has 0 radical (unpaired) electrons. The van der Waals surface area contributed by atoms with E-state index in [1.807, 2.05) is 12.1 Å². The summed E-state index contributed by atoms with van der Waals surface area (Å²) in [6, 6.07) is 14.0. The molecule has 0 unspecified atom stereocenters. The lowest BCUT2D eigenvalue weighted by Gasteiger charge is -2.26. The minimum atomic E-state index is 0.265. The van der Waals surface area contributed by atoms with Gasteiger partial charge in [-0.1, -0.05) is 24.3 Å². The number of nitrogens with one attached hydrogen (secondary N) is 1. The minimum absolute atomic E-state index is 0.265. The zero-order chi connectivity index (χ0) is 20.3. The fraction of sp³-hybridized carbons (Fsp3) is 0.286. The molecule has 0 amide bonds. The molecule has 4 aromatic rings. The van der Waals surface area contributed by atoms with Crippen molar-refractivity contribution in [3.05, 3.63) is 59.9 Å². The number of nitrogens with two attached hydrogens (primary N) is 1. The van der Waals surface area contributed by atoms with Crippen molar-refractivity contribution in [1.82, 2.24) is 24.5 Å². The smallest absolute Gasteiger partial charge is 0.225 e. The topological polar surface area (TPSA) is 107 Å². The molecule has 4 heterocycles. The number of nitrogen functional groups attached to an aromatic ring is 1. The number of ether oxygens (including phenoxy) is 1. The third-order valence-corrected chi connectivity index (χ3v) is 5.07. The number of fused-ring (bicyclic) bond motifs is 1. The largest absolute Gasteiger partial charge is 0.461 e. The molecule has 30 heavy (non-hydrogen) atoms. The van der Waals surface area contributed by atoms with Crippen LogP contribution >= 0.6 is 0 Å². The number of hydrogen-bond acceptors (Lipinski definition) is 8. The third-order valence-electron chi connectivity index (χ3n) is 5.07. The molecule has 3 N–H and O–H groups in total. The molecule has 1 saturated heterocycles. The molecule has 0 saturated carbocycles. The van der Waals surface area contributed by atoms with Crippen LogP contribution in [-0.2, 0) is 17.8 Å². The van der Waals surface area contributed by atoms with E-state index >= 15 is 0 Å². The summed E-state index contributed by atoms with van der Waals surface area (Å²) in [4.78, 5) is 11.3. The van der Waals surface area contributed by atoms with E-state index in [0.29, 0.717) is 29.6 Å². The second kappa shape index (κ2) is 8.13. The minimum Gasteiger partial charge on any atom is -0.461 e. The second-order valence-corrected chi connectivity index (χ2v) is 7.24. The van der Waals surface area contributed by atoms with Crippen LogP contribution < -0.4 is 11.1 Å². The van der Waals surface area contributed by atoms with Crippen molar-refractivity contribution in [2.24, 2.45) is 0 Å². The van der Waals surface area contributed by atoms with Crippen LogP contribution in [0, 0.1) is 0 Å². The Bertz CT molecular complexity index is 1130. The van der Waals surface area contributed by atoms with E-state index in [4.69, 9.17) is 14.9 Å². The van der Waals surface area contributed by atoms with Crippen LogP contribution in [0.15, 0.2) is 53.1 Å². The van der Waals surface area contributed by atoms with E-state index in [1.54, 1.807) is 12.3 Å². The summed E-state index contributed by atoms with van der Waals surface area (Å²) in [5.74, 6) is 1.98. The van der Waals surface area contributed by atoms with Crippen LogP contribution in [0.4, 0.5) is 11.8 Å². The zero-order valence-corrected chi connectivity index (χ0v) is 16.5. The molecule has 1 aliphatic heterocycles. The van der Waals surface area contributed by atoms with Crippen LogP contribution in [0.25, 0.3) is 17.2 Å². The maximum absolute atomic E-state index is 6.08. The van der Waals surface area contributed by atoms with Crippen molar-refractivity contribution in [1.29, 1.82) is 0 Å². The van der Waals surface area contributed by atoms with Gasteiger partial charge in [0.1, 0.15) is 5.82 Å². The highest BCUT2D eigenvalue weighted by Crippen LogP contribution is 2.20. The lowest BCUT2D eigenvalue weighted by atomic mass is 10.1. The molecule has 9 heteroatoms. The number of furan rings is 1. The highest BCUT2D eigenvalue weighted by molar-refractivity contribution is 5.58. The summed E-state index contributed by atoms with van der Waals surface area (Å²) < 4.78 is 12.3. The SMILES string of the molecule is Nc1nc(NCc2cccc(CN3CCOCC3)c2)cc2nc(-c3ccco3)nn12. The summed E-state index contributed by atoms with van der Waals surface area (Å²) in [6.45, 7) is 5.14. The molecule has 3 aromatic heterocycles. The van der Waals surface area contributed by atoms with Crippen LogP contribution in [-0.4, -0.2) is 50.8 Å². The predicted molar refractivity (Wildman–Crippen MR) is 113 cm³/mol. The summed E-state index contributed by atoms with van der Waals surface area (Å²) in [6.07, 6.45) is 1.59. The van der Waals surface area contributed by atoms with E-state index < -0.39 is 0 Å². The fourth-order valence-corrected chi connectivity index (χ4v) is 3.56. The highest BCUT2D eigenvalue weighted by Gasteiger charge is 2.13. The average Bonchev–Trinajstić information content (AvgIpc) is 3.43. The van der Waals surface area contributed by atoms with Crippen LogP contribution in [0.5, 0.6) is 0 Å². The van der Waals surface area contributed by atoms with Gasteiger partial charge in [0.15, 0.2) is 11.4 Å². The lowest BCUT2D eigenvalue weighted by Crippen LogP contribution is -2.35. The first-order valence-corrected chi connectivity index (χ1v) is 9.93. The number of hydrogen-bond donors (Lipinski definition) is 2. The molecule has 0 spiro atoms. The lowest BCUT2D eigenvalue weighted by molar-refractivity contribution is 0.0342. The van der Waals surface area contributed by atoms with Crippen LogP contribution in [0.2, 0.25) is 0 Å². The monoisotopic (exact) mass is 405 g/mol. The Morgan fingerprint density at radius 3 is 2.73 bits per heavy atom. The summed E-state index contributed by atoms with van der Waals surface area (Å²) in [5, 5.41) is 7.70. The Labute approximate surface area is 173 Å². The van der Waals surface area contributed by atoms with Gasteiger partial charge in [0, 0.05) is 32.2 Å². The van der Waals surface area contributed by atoms with Gasteiger partial charge in [-0.15, -0.1) is 5.10 Å². The van der Waals surface area contributed by atoms with E-state index in [-0.39, 0.29) is 5.95 Å². The van der Waals surface area contributed by atoms with Gasteiger partial charge < -0.3 is 20.2 Å². The number of anilines is 2. The molecule has 1 fully saturated rings. The molecule has 5 rings (SSSR count). The van der Waals surface area contributed by atoms with Crippen molar-refractivity contribution in [3.8, 4) is 11.6 Å². The van der Waals surface area contributed by atoms with Crippen molar-refractivity contribution < 1.29 is 9.15 Å². The van der Waals surface area contributed by atoms with Gasteiger partial charge in [-0.2, -0.15) is 9.50 Å². The van der Waals surface area contributed by atoms with Gasteiger partial charge in [0.05, 0.1) is 19.5 Å². The molecule has 1 aromatic carbocycles. The number of benzene rings is 1. The first-order chi connectivity index (χ1) is 14.7. The summed E-state index contributed by atoms with van der Waals surface area (Å²) in [5.41, 5.74) is 9.16. The number of morpholine rings is 1. The normalized spacial score (nSPS) is 14.9. The van der Waals surface area contributed by atoms with Crippen LogP contribution in [0.1, 0.15) is 11.1 Å². The predicted octanol–water partition coefficient (Wildman–Crippen LogP) is 2.41. The molecule has 9 nitrogen and oxygen atoms in total. The van der Waals surface area contributed by atoms with Gasteiger partial charge in [0.2, 0.25) is 11.8 Å². The second-order valence-electron chi connectivity index (χ2n) is 7.24. The third kappa shape index (κ3) is 3.98. The van der Waals surface area contributed by atoms with Gasteiger partial charge >= 0.3 is 0 Å². The summed E-state index contributed by atoms with van der Waals surface area (Å²) >= 11 is 0. The molecule has 0 atom stereocenters. The van der Waals surface area contributed by atoms with Gasteiger partial charge in [-0.25, -0.2) is 4.98 Å². The van der Waals surface area contributed by atoms with Crippen molar-refractivity contribution in [2.45, 2.75) is 13.1 Å². The van der Waals surface area contributed by atoms with Gasteiger partial charge in [-0.3, -0.25) is 4.90 Å². The maximum atomic E-state index is 6.08. The number of rotatable bonds is 6. The molecule has 1 aliphatic rings. The fourth-order valence-electron chi connectivity index (χ4n) is 3.56. The van der Waals surface area contributed by atoms with E-state index in [9.17, 15) is 0 Å². The standard InChI is InChI=1S/C21H23N7O2/c22-21-24-18(12-19-25-20(26-28(19)21)17-5-2-8-30-17)23-13-15-3-1-4-16(11-15)14-27-6-9-29-10-7-27/h1-5,8,11-12,23H,6-7,9-10,13-14H2,(H2,22,24). The Balaban J connectivity index is 1.29. The Morgan fingerprint density at radius 1 is 1.03 bits per heavy atom.